The highest BCUT2D eigenvalue weighted by Crippen LogP contribution is 2.42. The number of piperidine rings is 1. The summed E-state index contributed by atoms with van der Waals surface area (Å²) in [4.78, 5) is 2.54. The fourth-order valence-corrected chi connectivity index (χ4v) is 4.53. The largest absolute Gasteiger partial charge is 0.494 e. The number of nitrogens with zero attached hydrogens (tertiary/aromatic N) is 1. The van der Waals surface area contributed by atoms with Crippen molar-refractivity contribution in [3.63, 3.8) is 0 Å². The lowest BCUT2D eigenvalue weighted by atomic mass is 9.70. The van der Waals surface area contributed by atoms with Crippen LogP contribution in [0, 0.1) is 5.92 Å². The number of hydrogen-bond acceptors (Lipinski definition) is 4. The maximum Gasteiger partial charge on any atom is 0.494 e. The first-order chi connectivity index (χ1) is 12.7. The average molecular weight is 371 g/mol. The minimum absolute atomic E-state index is 0.0714. The van der Waals surface area contributed by atoms with Crippen molar-refractivity contribution in [1.82, 2.24) is 4.90 Å². The fourth-order valence-electron chi connectivity index (χ4n) is 4.53. The van der Waals surface area contributed by atoms with Gasteiger partial charge in [-0.3, -0.25) is 0 Å². The van der Waals surface area contributed by atoms with Crippen LogP contribution in [0.25, 0.3) is 0 Å². The monoisotopic (exact) mass is 371 g/mol. The molecule has 3 aliphatic rings. The average Bonchev–Trinajstić information content (AvgIpc) is 2.80. The summed E-state index contributed by atoms with van der Waals surface area (Å²) in [7, 11) is -0.271. The Hall–Kier alpha value is -0.875. The molecule has 2 heterocycles. The van der Waals surface area contributed by atoms with Crippen LogP contribution in [0.4, 0.5) is 0 Å². The number of rotatable bonds is 4. The van der Waals surface area contributed by atoms with Crippen LogP contribution in [0.5, 0.6) is 0 Å². The van der Waals surface area contributed by atoms with E-state index in [2.05, 4.69) is 56.9 Å². The molecular formula is C22H34BNO3. The lowest BCUT2D eigenvalue weighted by Gasteiger charge is -2.40. The maximum atomic E-state index is 9.64. The zero-order chi connectivity index (χ0) is 19.2. The Bertz CT molecular complexity index is 630. The van der Waals surface area contributed by atoms with Gasteiger partial charge in [0.1, 0.15) is 0 Å². The molecule has 4 rings (SSSR count). The van der Waals surface area contributed by atoms with E-state index in [0.717, 1.165) is 37.3 Å². The summed E-state index contributed by atoms with van der Waals surface area (Å²) in [6, 6.07) is 8.88. The molecule has 1 aromatic rings. The predicted molar refractivity (Wildman–Crippen MR) is 109 cm³/mol. The minimum Gasteiger partial charge on any atom is -0.399 e. The first-order valence-corrected chi connectivity index (χ1v) is 10.6. The van der Waals surface area contributed by atoms with Crippen molar-refractivity contribution < 1.29 is 14.4 Å². The summed E-state index contributed by atoms with van der Waals surface area (Å²) in [5.41, 5.74) is 1.98. The van der Waals surface area contributed by atoms with Gasteiger partial charge in [0.15, 0.2) is 0 Å². The van der Waals surface area contributed by atoms with Gasteiger partial charge in [0.25, 0.3) is 0 Å². The summed E-state index contributed by atoms with van der Waals surface area (Å²) in [6.45, 7) is 11.7. The summed E-state index contributed by atoms with van der Waals surface area (Å²) in [5, 5.41) is 9.64. The number of aliphatic hydroxyl groups is 1. The van der Waals surface area contributed by atoms with Crippen molar-refractivity contribution in [2.75, 3.05) is 19.6 Å². The quantitative estimate of drug-likeness (QED) is 0.827. The molecule has 148 valence electrons. The van der Waals surface area contributed by atoms with E-state index in [1.165, 1.54) is 24.9 Å². The van der Waals surface area contributed by atoms with Crippen LogP contribution in [-0.4, -0.2) is 54.1 Å². The van der Waals surface area contributed by atoms with Gasteiger partial charge in [-0.2, -0.15) is 0 Å². The Labute approximate surface area is 164 Å². The first-order valence-electron chi connectivity index (χ1n) is 10.6. The topological polar surface area (TPSA) is 41.9 Å². The molecule has 4 nitrogen and oxygen atoms in total. The number of likely N-dealkylation sites (tertiary alicyclic amines) is 1. The molecule has 1 aromatic carbocycles. The van der Waals surface area contributed by atoms with Crippen LogP contribution in [0.1, 0.15) is 64.9 Å². The molecule has 0 radical (unpaired) electrons. The molecule has 1 aliphatic carbocycles. The second-order valence-electron chi connectivity index (χ2n) is 9.82. The van der Waals surface area contributed by atoms with Crippen LogP contribution in [-0.2, 0) is 9.31 Å². The van der Waals surface area contributed by atoms with Gasteiger partial charge in [0.2, 0.25) is 0 Å². The van der Waals surface area contributed by atoms with Gasteiger partial charge in [0, 0.05) is 19.6 Å². The molecular weight excluding hydrogens is 337 g/mol. The van der Waals surface area contributed by atoms with Crippen molar-refractivity contribution in [2.24, 2.45) is 5.92 Å². The zero-order valence-electron chi connectivity index (χ0n) is 17.3. The van der Waals surface area contributed by atoms with Crippen LogP contribution in [0.3, 0.4) is 0 Å². The molecule has 3 fully saturated rings. The van der Waals surface area contributed by atoms with Crippen LogP contribution in [0.15, 0.2) is 24.3 Å². The van der Waals surface area contributed by atoms with Crippen molar-refractivity contribution in [1.29, 1.82) is 0 Å². The Balaban J connectivity index is 1.28. The molecule has 1 saturated carbocycles. The van der Waals surface area contributed by atoms with Gasteiger partial charge in [-0.25, -0.2) is 0 Å². The van der Waals surface area contributed by atoms with Crippen LogP contribution >= 0.6 is 0 Å². The second kappa shape index (κ2) is 7.18. The number of benzene rings is 1. The van der Waals surface area contributed by atoms with E-state index in [9.17, 15) is 5.11 Å². The second-order valence-corrected chi connectivity index (χ2v) is 9.82. The number of aliphatic hydroxyl groups excluding tert-OH is 1. The van der Waals surface area contributed by atoms with Crippen molar-refractivity contribution in [3.05, 3.63) is 29.8 Å². The molecule has 5 heteroatoms. The third-order valence-corrected chi connectivity index (χ3v) is 7.24. The molecule has 0 aromatic heterocycles. The van der Waals surface area contributed by atoms with Crippen LogP contribution < -0.4 is 5.46 Å². The first kappa shape index (κ1) is 19.4. The molecule has 2 saturated heterocycles. The van der Waals surface area contributed by atoms with E-state index in [0.29, 0.717) is 5.92 Å². The summed E-state index contributed by atoms with van der Waals surface area (Å²) < 4.78 is 12.3. The van der Waals surface area contributed by atoms with E-state index in [1.54, 1.807) is 0 Å². The summed E-state index contributed by atoms with van der Waals surface area (Å²) >= 11 is 0. The van der Waals surface area contributed by atoms with Crippen LogP contribution in [0.2, 0.25) is 0 Å². The highest BCUT2D eigenvalue weighted by atomic mass is 16.7. The van der Waals surface area contributed by atoms with Gasteiger partial charge < -0.3 is 19.3 Å². The van der Waals surface area contributed by atoms with E-state index in [4.69, 9.17) is 9.31 Å². The summed E-state index contributed by atoms with van der Waals surface area (Å²) in [5.74, 6) is 1.51. The van der Waals surface area contributed by atoms with E-state index < -0.39 is 0 Å². The molecule has 27 heavy (non-hydrogen) atoms. The highest BCUT2D eigenvalue weighted by Gasteiger charge is 2.51. The third kappa shape index (κ3) is 3.98. The van der Waals surface area contributed by atoms with Gasteiger partial charge in [-0.05, 0) is 76.2 Å². The van der Waals surface area contributed by atoms with Gasteiger partial charge in [-0.1, -0.05) is 24.3 Å². The normalized spacial score (nSPS) is 31.1. The molecule has 1 N–H and O–H groups in total. The lowest BCUT2D eigenvalue weighted by Crippen LogP contribution is -2.41. The Kier molecular flexibility index (Phi) is 5.17. The third-order valence-electron chi connectivity index (χ3n) is 7.24. The predicted octanol–water partition coefficient (Wildman–Crippen LogP) is 2.94. The molecule has 0 spiro atoms. The SMILES string of the molecule is CC1(C)OB(c2ccc(C3CC(CN4CCC(O)CC4)C3)cc2)OC1(C)C. The Morgan fingerprint density at radius 1 is 1.00 bits per heavy atom. The molecule has 0 unspecified atom stereocenters. The minimum atomic E-state index is -0.290. The Morgan fingerprint density at radius 2 is 1.56 bits per heavy atom. The molecule has 0 amide bonds. The highest BCUT2D eigenvalue weighted by molar-refractivity contribution is 6.62. The van der Waals surface area contributed by atoms with Crippen molar-refractivity contribution in [3.8, 4) is 0 Å². The standard InChI is InChI=1S/C22H34BNO3/c1-21(2)22(3,4)27-23(26-21)19-7-5-17(6-8-19)18-13-16(14-18)15-24-11-9-20(25)10-12-24/h5-8,16,18,20,25H,9-15H2,1-4H3. The fraction of sp³-hybridized carbons (Fsp3) is 0.727. The molecule has 2 aliphatic heterocycles. The van der Waals surface area contributed by atoms with Gasteiger partial charge in [-0.15, -0.1) is 0 Å². The number of hydrogen-bond donors (Lipinski definition) is 1. The summed E-state index contributed by atoms with van der Waals surface area (Å²) in [6.07, 6.45) is 4.38. The van der Waals surface area contributed by atoms with Crippen molar-refractivity contribution in [2.45, 2.75) is 76.6 Å². The molecule has 0 bridgehead atoms. The van der Waals surface area contributed by atoms with E-state index in [1.807, 2.05) is 0 Å². The van der Waals surface area contributed by atoms with Gasteiger partial charge >= 0.3 is 7.12 Å². The van der Waals surface area contributed by atoms with Crippen molar-refractivity contribution >= 4 is 12.6 Å². The smallest absolute Gasteiger partial charge is 0.399 e. The lowest BCUT2D eigenvalue weighted by molar-refractivity contribution is 0.00578. The van der Waals surface area contributed by atoms with Gasteiger partial charge in [0.05, 0.1) is 17.3 Å². The maximum absolute atomic E-state index is 9.64. The van der Waals surface area contributed by atoms with E-state index in [-0.39, 0.29) is 24.4 Å². The zero-order valence-corrected chi connectivity index (χ0v) is 17.3. The van der Waals surface area contributed by atoms with E-state index >= 15 is 0 Å². The Morgan fingerprint density at radius 3 is 2.11 bits per heavy atom. The molecule has 0 atom stereocenters.